The molecule has 0 unspecified atom stereocenters. The van der Waals surface area contributed by atoms with Gasteiger partial charge in [-0.15, -0.1) is 11.3 Å². The molecule has 1 saturated heterocycles. The monoisotopic (exact) mass is 303 g/mol. The van der Waals surface area contributed by atoms with Crippen molar-refractivity contribution < 1.29 is 19.4 Å². The number of aryl methyl sites for hydroxylation is 1. The zero-order valence-corrected chi connectivity index (χ0v) is 12.2. The summed E-state index contributed by atoms with van der Waals surface area (Å²) in [6.45, 7) is 4.06. The summed E-state index contributed by atoms with van der Waals surface area (Å²) in [4.78, 5) is 24.8. The minimum absolute atomic E-state index is 0.125. The van der Waals surface area contributed by atoms with Crippen LogP contribution in [0.15, 0.2) is 5.38 Å². The summed E-state index contributed by atoms with van der Waals surface area (Å²) in [6.07, 6.45) is 0. The quantitative estimate of drug-likeness (QED) is 0.924. The number of carbonyl (C=O) groups excluding carboxylic acids is 1. The summed E-state index contributed by atoms with van der Waals surface area (Å²) in [5.41, 5.74) is 0.313. The molecule has 0 spiro atoms. The van der Waals surface area contributed by atoms with Crippen molar-refractivity contribution in [2.45, 2.75) is 19.4 Å². The second-order valence-electron chi connectivity index (χ2n) is 4.86. The lowest BCUT2D eigenvalue weighted by Gasteiger charge is -2.47. The fourth-order valence-corrected chi connectivity index (χ4v) is 3.19. The lowest BCUT2D eigenvalue weighted by Crippen LogP contribution is -2.63. The van der Waals surface area contributed by atoms with Gasteiger partial charge in [0.1, 0.15) is 17.1 Å². The van der Waals surface area contributed by atoms with E-state index in [1.54, 1.807) is 11.8 Å². The van der Waals surface area contributed by atoms with E-state index in [-0.39, 0.29) is 12.5 Å². The molecule has 0 aromatic carbocycles. The normalized spacial score (nSPS) is 17.1. The summed E-state index contributed by atoms with van der Waals surface area (Å²) in [5.74, 6) is -1.14. The van der Waals surface area contributed by atoms with Gasteiger partial charge < -0.3 is 14.7 Å². The molecule has 1 N–H and O–H groups in total. The van der Waals surface area contributed by atoms with Crippen molar-refractivity contribution in [1.29, 1.82) is 0 Å². The number of aliphatic carboxylic acids is 1. The zero-order chi connectivity index (χ0) is 14.2. The predicted octanol–water partition coefficient (Wildman–Crippen LogP) is 2.03. The van der Waals surface area contributed by atoms with Crippen LogP contribution in [0.4, 0.5) is 0 Å². The fourth-order valence-electron chi connectivity index (χ4n) is 1.95. The summed E-state index contributed by atoms with van der Waals surface area (Å²) in [7, 11) is 0. The topological polar surface area (TPSA) is 66.8 Å². The van der Waals surface area contributed by atoms with Crippen LogP contribution in [-0.4, -0.2) is 47.2 Å². The van der Waals surface area contributed by atoms with Crippen molar-refractivity contribution in [3.05, 3.63) is 20.8 Å². The summed E-state index contributed by atoms with van der Waals surface area (Å²) in [5, 5.41) is 10.9. The third-order valence-electron chi connectivity index (χ3n) is 2.98. The van der Waals surface area contributed by atoms with Crippen molar-refractivity contribution in [2.75, 3.05) is 19.7 Å². The average molecular weight is 304 g/mol. The van der Waals surface area contributed by atoms with Crippen LogP contribution in [0.5, 0.6) is 0 Å². The largest absolute Gasteiger partial charge is 0.480 e. The van der Waals surface area contributed by atoms with Crippen LogP contribution in [-0.2, 0) is 9.53 Å². The molecule has 19 heavy (non-hydrogen) atoms. The first-order valence-corrected chi connectivity index (χ1v) is 6.97. The molecule has 0 bridgehead atoms. The van der Waals surface area contributed by atoms with Gasteiger partial charge in [0.25, 0.3) is 5.91 Å². The number of thiophene rings is 1. The molecule has 5 nitrogen and oxygen atoms in total. The Morgan fingerprint density at radius 1 is 1.58 bits per heavy atom. The van der Waals surface area contributed by atoms with Gasteiger partial charge in [0.2, 0.25) is 0 Å². The third-order valence-corrected chi connectivity index (χ3v) is 4.66. The van der Waals surface area contributed by atoms with E-state index in [0.717, 1.165) is 5.56 Å². The first kappa shape index (κ1) is 14.3. The molecule has 1 aliphatic rings. The molecule has 7 heteroatoms. The van der Waals surface area contributed by atoms with Gasteiger partial charge in [-0.05, 0) is 24.8 Å². The van der Waals surface area contributed by atoms with E-state index in [2.05, 4.69) is 0 Å². The lowest BCUT2D eigenvalue weighted by molar-refractivity contribution is -0.159. The smallest absolute Gasteiger partial charge is 0.329 e. The Hall–Kier alpha value is -1.11. The number of hydrogen-bond acceptors (Lipinski definition) is 4. The number of carboxylic acid groups (broad SMARTS) is 1. The van der Waals surface area contributed by atoms with Crippen LogP contribution in [0, 0.1) is 6.92 Å². The van der Waals surface area contributed by atoms with Crippen LogP contribution in [0.25, 0.3) is 0 Å². The molecule has 2 heterocycles. The first-order valence-electron chi connectivity index (χ1n) is 5.71. The Labute approximate surface area is 119 Å². The van der Waals surface area contributed by atoms with Crippen molar-refractivity contribution in [3.63, 3.8) is 0 Å². The molecule has 0 radical (unpaired) electrons. The van der Waals surface area contributed by atoms with Crippen molar-refractivity contribution in [3.8, 4) is 0 Å². The van der Waals surface area contributed by atoms with Crippen LogP contribution in [0.1, 0.15) is 22.2 Å². The Kier molecular flexibility index (Phi) is 3.85. The lowest BCUT2D eigenvalue weighted by atomic mass is 9.96. The molecule has 1 aromatic rings. The number of hydrogen-bond donors (Lipinski definition) is 1. The Morgan fingerprint density at radius 2 is 2.21 bits per heavy atom. The number of nitrogens with zero attached hydrogens (tertiary/aromatic N) is 1. The Morgan fingerprint density at radius 3 is 2.68 bits per heavy atom. The maximum absolute atomic E-state index is 12.2. The summed E-state index contributed by atoms with van der Waals surface area (Å²) in [6, 6.07) is 0. The average Bonchev–Trinajstić information content (AvgIpc) is 2.63. The van der Waals surface area contributed by atoms with Gasteiger partial charge in [0, 0.05) is 0 Å². The van der Waals surface area contributed by atoms with Crippen molar-refractivity contribution in [2.24, 2.45) is 0 Å². The second-order valence-corrected chi connectivity index (χ2v) is 6.11. The molecule has 2 rings (SSSR count). The third kappa shape index (κ3) is 2.91. The van der Waals surface area contributed by atoms with Crippen LogP contribution in [0.3, 0.4) is 0 Å². The molecule has 104 valence electrons. The number of ether oxygens (including phenoxy) is 1. The van der Waals surface area contributed by atoms with E-state index in [1.807, 2.05) is 12.3 Å². The van der Waals surface area contributed by atoms with Crippen LogP contribution >= 0.6 is 22.9 Å². The zero-order valence-electron chi connectivity index (χ0n) is 10.6. The van der Waals surface area contributed by atoms with E-state index in [1.165, 1.54) is 11.3 Å². The SMILES string of the molecule is Cc1csc(C(=O)N2CC(C)(OCC(=O)O)C2)c1Cl. The number of halogens is 1. The molecule has 1 amide bonds. The maximum Gasteiger partial charge on any atom is 0.329 e. The van der Waals surface area contributed by atoms with E-state index in [4.69, 9.17) is 21.4 Å². The maximum atomic E-state index is 12.2. The minimum Gasteiger partial charge on any atom is -0.480 e. The van der Waals surface area contributed by atoms with Crippen LogP contribution in [0.2, 0.25) is 5.02 Å². The highest BCUT2D eigenvalue weighted by molar-refractivity contribution is 7.13. The van der Waals surface area contributed by atoms with E-state index >= 15 is 0 Å². The highest BCUT2D eigenvalue weighted by Crippen LogP contribution is 2.32. The van der Waals surface area contributed by atoms with Gasteiger partial charge in [-0.3, -0.25) is 4.79 Å². The molecule has 0 saturated carbocycles. The van der Waals surface area contributed by atoms with Gasteiger partial charge in [-0.2, -0.15) is 0 Å². The molecular weight excluding hydrogens is 290 g/mol. The van der Waals surface area contributed by atoms with Crippen LogP contribution < -0.4 is 0 Å². The second kappa shape index (κ2) is 5.11. The first-order chi connectivity index (χ1) is 8.82. The van der Waals surface area contributed by atoms with Crippen molar-refractivity contribution in [1.82, 2.24) is 4.90 Å². The molecular formula is C12H14ClNO4S. The highest BCUT2D eigenvalue weighted by Gasteiger charge is 2.43. The molecule has 1 aromatic heterocycles. The summed E-state index contributed by atoms with van der Waals surface area (Å²) >= 11 is 7.38. The minimum atomic E-state index is -1.01. The summed E-state index contributed by atoms with van der Waals surface area (Å²) < 4.78 is 5.26. The number of carbonyl (C=O) groups is 2. The Balaban J connectivity index is 1.95. The fraction of sp³-hybridized carbons (Fsp3) is 0.500. The van der Waals surface area contributed by atoms with Crippen molar-refractivity contribution >= 4 is 34.8 Å². The number of amides is 1. The van der Waals surface area contributed by atoms with Gasteiger partial charge >= 0.3 is 5.97 Å². The molecule has 0 atom stereocenters. The molecule has 1 aliphatic heterocycles. The number of rotatable bonds is 4. The van der Waals surface area contributed by atoms with Gasteiger partial charge in [-0.1, -0.05) is 11.6 Å². The number of likely N-dealkylation sites (tertiary alicyclic amines) is 1. The van der Waals surface area contributed by atoms with E-state index in [9.17, 15) is 9.59 Å². The molecule has 1 fully saturated rings. The van der Waals surface area contributed by atoms with Gasteiger partial charge in [0.05, 0.1) is 18.1 Å². The highest BCUT2D eigenvalue weighted by atomic mass is 35.5. The number of carboxylic acids is 1. The molecule has 0 aliphatic carbocycles. The van der Waals surface area contributed by atoms with E-state index < -0.39 is 11.6 Å². The van der Waals surface area contributed by atoms with E-state index in [0.29, 0.717) is 23.0 Å². The van der Waals surface area contributed by atoms with Gasteiger partial charge in [-0.25, -0.2) is 4.79 Å². The van der Waals surface area contributed by atoms with Gasteiger partial charge in [0.15, 0.2) is 0 Å². The standard InChI is InChI=1S/C12H14ClNO4S/c1-7-4-19-10(9(7)13)11(17)14-5-12(2,6-14)18-3-8(15)16/h4H,3,5-6H2,1-2H3,(H,15,16). The Bertz CT molecular complexity index is 522. The predicted molar refractivity (Wildman–Crippen MR) is 72.0 cm³/mol.